The second kappa shape index (κ2) is 8.30. The Morgan fingerprint density at radius 2 is 1.81 bits per heavy atom. The molecule has 0 saturated carbocycles. The van der Waals surface area contributed by atoms with Crippen molar-refractivity contribution in [3.8, 4) is 5.75 Å². The zero-order valence-electron chi connectivity index (χ0n) is 21.2. The minimum absolute atomic E-state index is 0.0199. The van der Waals surface area contributed by atoms with Gasteiger partial charge in [0.25, 0.3) is 5.91 Å². The fourth-order valence-corrected chi connectivity index (χ4v) is 6.85. The molecule has 5 atom stereocenters. The molecule has 1 aromatic carbocycles. The molecule has 4 aliphatic rings. The van der Waals surface area contributed by atoms with Crippen molar-refractivity contribution in [3.05, 3.63) is 45.4 Å². The number of anilines is 1. The third-order valence-corrected chi connectivity index (χ3v) is 8.46. The summed E-state index contributed by atoms with van der Waals surface area (Å²) in [6, 6.07) is 0.577. The maximum atomic E-state index is 13.8. The number of benzene rings is 1. The third-order valence-electron chi connectivity index (χ3n) is 8.46. The van der Waals surface area contributed by atoms with Gasteiger partial charge in [0.2, 0.25) is 5.78 Å². The van der Waals surface area contributed by atoms with Gasteiger partial charge >= 0.3 is 0 Å². The van der Waals surface area contributed by atoms with Crippen LogP contribution in [0.3, 0.4) is 0 Å². The van der Waals surface area contributed by atoms with E-state index in [1.165, 1.54) is 4.90 Å². The first-order valence-corrected chi connectivity index (χ1v) is 12.3. The number of ketones is 2. The number of fused-ring (bicyclic) bond motifs is 5. The lowest BCUT2D eigenvalue weighted by atomic mass is 9.58. The molecule has 0 saturated heterocycles. The fraction of sp³-hybridized carbons (Fsp3) is 0.500. The number of primary amides is 1. The van der Waals surface area contributed by atoms with E-state index in [0.717, 1.165) is 17.7 Å². The van der Waals surface area contributed by atoms with Crippen molar-refractivity contribution >= 4 is 23.2 Å². The molecule has 0 aromatic heterocycles. The average Bonchev–Trinajstić information content (AvgIpc) is 2.80. The van der Waals surface area contributed by atoms with Crippen LogP contribution in [-0.2, 0) is 16.0 Å². The molecule has 1 heterocycles. The van der Waals surface area contributed by atoms with Crippen molar-refractivity contribution in [2.24, 2.45) is 17.6 Å². The topological polar surface area (TPSA) is 177 Å². The van der Waals surface area contributed by atoms with E-state index < -0.39 is 58.0 Å². The molecule has 1 aromatic rings. The van der Waals surface area contributed by atoms with Crippen LogP contribution in [0.5, 0.6) is 5.75 Å². The first-order valence-electron chi connectivity index (χ1n) is 12.3. The fourth-order valence-electron chi connectivity index (χ4n) is 6.85. The number of aliphatic hydroxyl groups excluding tert-OH is 2. The lowest BCUT2D eigenvalue weighted by Gasteiger charge is -2.50. The molecule has 5 rings (SSSR count). The van der Waals surface area contributed by atoms with Crippen LogP contribution in [0.25, 0.3) is 0 Å². The maximum Gasteiger partial charge on any atom is 0.255 e. The zero-order valence-corrected chi connectivity index (χ0v) is 21.2. The monoisotopic (exact) mass is 512 g/mol. The third kappa shape index (κ3) is 3.27. The predicted octanol–water partition coefficient (Wildman–Crippen LogP) is 0.539. The van der Waals surface area contributed by atoms with Crippen LogP contribution in [0.15, 0.2) is 28.7 Å². The number of likely N-dealkylation sites (N-methyl/N-ethyl adjacent to an activating group) is 1. The molecule has 0 fully saturated rings. The first-order chi connectivity index (χ1) is 17.3. The summed E-state index contributed by atoms with van der Waals surface area (Å²) in [6.07, 6.45) is 1.14. The van der Waals surface area contributed by atoms with Gasteiger partial charge in [-0.3, -0.25) is 19.3 Å². The van der Waals surface area contributed by atoms with Crippen LogP contribution in [0.2, 0.25) is 0 Å². The summed E-state index contributed by atoms with van der Waals surface area (Å²) in [6.45, 7) is 0.675. The molecule has 37 heavy (non-hydrogen) atoms. The molecule has 3 aliphatic carbocycles. The summed E-state index contributed by atoms with van der Waals surface area (Å²) in [5, 5.41) is 48.2. The maximum absolute atomic E-state index is 13.8. The van der Waals surface area contributed by atoms with Gasteiger partial charge in [0.15, 0.2) is 11.4 Å². The van der Waals surface area contributed by atoms with Gasteiger partial charge < -0.3 is 36.4 Å². The molecule has 0 bridgehead atoms. The number of amides is 1. The Bertz CT molecular complexity index is 1310. The van der Waals surface area contributed by atoms with Crippen molar-refractivity contribution in [3.63, 3.8) is 0 Å². The van der Waals surface area contributed by atoms with Gasteiger partial charge in [-0.05, 0) is 70.6 Å². The highest BCUT2D eigenvalue weighted by atomic mass is 16.3. The molecular formula is C26H32N4O7. The normalized spacial score (nSPS) is 31.1. The van der Waals surface area contributed by atoms with E-state index in [2.05, 4.69) is 10.2 Å². The van der Waals surface area contributed by atoms with E-state index >= 15 is 0 Å². The van der Waals surface area contributed by atoms with Crippen LogP contribution in [0.1, 0.15) is 40.4 Å². The van der Waals surface area contributed by atoms with Crippen LogP contribution in [0.4, 0.5) is 5.69 Å². The van der Waals surface area contributed by atoms with E-state index in [9.17, 15) is 34.8 Å². The predicted molar refractivity (Wildman–Crippen MR) is 133 cm³/mol. The summed E-state index contributed by atoms with van der Waals surface area (Å²) in [7, 11) is 7.11. The first kappa shape index (κ1) is 25.2. The molecule has 0 radical (unpaired) electrons. The van der Waals surface area contributed by atoms with Gasteiger partial charge in [-0.1, -0.05) is 0 Å². The molecule has 198 valence electrons. The molecule has 11 nitrogen and oxygen atoms in total. The Labute approximate surface area is 213 Å². The number of nitrogens with zero attached hydrogens (tertiary/aromatic N) is 2. The number of hydrogen-bond donors (Lipinski definition) is 6. The van der Waals surface area contributed by atoms with Gasteiger partial charge in [-0.25, -0.2) is 0 Å². The smallest absolute Gasteiger partial charge is 0.255 e. The van der Waals surface area contributed by atoms with Crippen molar-refractivity contribution in [1.82, 2.24) is 9.80 Å². The van der Waals surface area contributed by atoms with Gasteiger partial charge in [-0.2, -0.15) is 0 Å². The highest BCUT2D eigenvalue weighted by Gasteiger charge is 2.63. The number of carbonyl (C=O) groups excluding carboxylic acids is 3. The Kier molecular flexibility index (Phi) is 5.67. The minimum Gasteiger partial charge on any atom is -0.510 e. The molecule has 1 unspecified atom stereocenters. The van der Waals surface area contributed by atoms with Crippen LogP contribution >= 0.6 is 0 Å². The summed E-state index contributed by atoms with van der Waals surface area (Å²) < 4.78 is 0. The van der Waals surface area contributed by atoms with Crippen LogP contribution < -0.4 is 11.1 Å². The number of aromatic hydroxyl groups is 1. The molecular weight excluding hydrogens is 480 g/mol. The lowest BCUT2D eigenvalue weighted by Crippen LogP contribution is -2.63. The Balaban J connectivity index is 1.71. The number of nitrogens with one attached hydrogen (secondary N) is 1. The Morgan fingerprint density at radius 3 is 2.41 bits per heavy atom. The van der Waals surface area contributed by atoms with Crippen molar-refractivity contribution in [2.45, 2.75) is 36.9 Å². The summed E-state index contributed by atoms with van der Waals surface area (Å²) >= 11 is 0. The van der Waals surface area contributed by atoms with E-state index in [0.29, 0.717) is 12.1 Å². The van der Waals surface area contributed by atoms with Crippen molar-refractivity contribution < 1.29 is 34.8 Å². The number of Topliss-reactive ketones (excluding diaryl/α,β-unsaturated/α-hetero) is 2. The Morgan fingerprint density at radius 1 is 1.14 bits per heavy atom. The number of hydrogen-bond acceptors (Lipinski definition) is 10. The number of nitrogens with two attached hydrogens (primary N) is 1. The largest absolute Gasteiger partial charge is 0.510 e. The van der Waals surface area contributed by atoms with Gasteiger partial charge in [0.1, 0.15) is 22.8 Å². The number of aliphatic hydroxyl groups is 3. The summed E-state index contributed by atoms with van der Waals surface area (Å²) in [5.74, 6) is -6.49. The summed E-state index contributed by atoms with van der Waals surface area (Å²) in [5.41, 5.74) is 4.04. The van der Waals surface area contributed by atoms with E-state index in [-0.39, 0.29) is 35.8 Å². The van der Waals surface area contributed by atoms with Gasteiger partial charge in [0.05, 0.1) is 11.6 Å². The number of allylic oxidation sites excluding steroid dienone is 1. The minimum atomic E-state index is -2.64. The summed E-state index contributed by atoms with van der Waals surface area (Å²) in [4.78, 5) is 42.8. The number of phenolic OH excluding ortho intramolecular Hbond substituents is 1. The lowest BCUT2D eigenvalue weighted by molar-refractivity contribution is -0.148. The van der Waals surface area contributed by atoms with Gasteiger partial charge in [0, 0.05) is 29.8 Å². The second-order valence-electron chi connectivity index (χ2n) is 10.9. The van der Waals surface area contributed by atoms with Crippen molar-refractivity contribution in [2.75, 3.05) is 40.1 Å². The number of rotatable bonds is 3. The highest BCUT2D eigenvalue weighted by Crippen LogP contribution is 2.54. The van der Waals surface area contributed by atoms with Crippen LogP contribution in [-0.4, -0.2) is 94.1 Å². The number of phenols is 1. The SMILES string of the molecule is CN(C)C1CCNc2c1cc(O)c1c2C[C@@H]2C[C@@H]3[C@@H](N(C)C)C(O)=C(C(N)=O)C(=O)[C@@]3(O)C(O)=C2C1=O. The molecule has 7 N–H and O–H groups in total. The quantitative estimate of drug-likeness (QED) is 0.247. The van der Waals surface area contributed by atoms with Crippen molar-refractivity contribution in [1.29, 1.82) is 0 Å². The highest BCUT2D eigenvalue weighted by molar-refractivity contribution is 6.24. The second-order valence-corrected chi connectivity index (χ2v) is 10.9. The molecule has 1 amide bonds. The Hall–Kier alpha value is -3.41. The molecule has 11 heteroatoms. The zero-order chi connectivity index (χ0) is 27.1. The van der Waals surface area contributed by atoms with Gasteiger partial charge in [-0.15, -0.1) is 0 Å². The van der Waals surface area contributed by atoms with E-state index in [1.807, 2.05) is 14.1 Å². The number of carbonyl (C=O) groups is 3. The average molecular weight is 513 g/mol. The van der Waals surface area contributed by atoms with E-state index in [4.69, 9.17) is 5.73 Å². The molecule has 1 aliphatic heterocycles. The molecule has 0 spiro atoms. The standard InChI is InChI=1S/C26H32N4O7/c1-29(2)14-5-6-28-19-11(14)9-15(31)17-12(19)7-10-8-13-20(30(3)4)22(33)18(25(27)36)24(35)26(13,37)23(34)16(10)21(17)32/h9-10,13-14,20,28,31,33-34,37H,5-8H2,1-4H3,(H2,27,36)/t10-,13-,14?,20-,26+/m1/s1. The van der Waals surface area contributed by atoms with E-state index in [1.54, 1.807) is 20.2 Å². The van der Waals surface area contributed by atoms with Crippen LogP contribution in [0, 0.1) is 11.8 Å².